The van der Waals surface area contributed by atoms with Gasteiger partial charge in [-0.1, -0.05) is 24.3 Å². The normalized spacial score (nSPS) is 15.5. The highest BCUT2D eigenvalue weighted by Crippen LogP contribution is 2.44. The third-order valence-electron chi connectivity index (χ3n) is 5.00. The largest absolute Gasteiger partial charge is 0.478 e. The first-order valence-corrected chi connectivity index (χ1v) is 8.05. The van der Waals surface area contributed by atoms with Crippen LogP contribution in [0.5, 0.6) is 0 Å². The van der Waals surface area contributed by atoms with Crippen LogP contribution in [0.1, 0.15) is 45.8 Å². The third kappa shape index (κ3) is 2.22. The molecule has 0 saturated carbocycles. The number of nitrogens with zero attached hydrogens (tertiary/aromatic N) is 2. The van der Waals surface area contributed by atoms with E-state index in [4.69, 9.17) is 5.11 Å². The van der Waals surface area contributed by atoms with Gasteiger partial charge in [0.05, 0.1) is 17.3 Å². The van der Waals surface area contributed by atoms with Gasteiger partial charge in [0, 0.05) is 10.9 Å². The summed E-state index contributed by atoms with van der Waals surface area (Å²) in [7, 11) is 0. The summed E-state index contributed by atoms with van der Waals surface area (Å²) in [6, 6.07) is 7.89. The van der Waals surface area contributed by atoms with Crippen LogP contribution in [0.15, 0.2) is 36.5 Å². The molecule has 1 N–H and O–H groups in total. The Balaban J connectivity index is 2.09. The van der Waals surface area contributed by atoms with E-state index in [1.807, 2.05) is 0 Å². The fraction of sp³-hybridized carbons (Fsp3) is 0.211. The van der Waals surface area contributed by atoms with Crippen molar-refractivity contribution in [2.24, 2.45) is 0 Å². The van der Waals surface area contributed by atoms with E-state index in [9.17, 15) is 22.8 Å². The molecule has 0 spiro atoms. The Morgan fingerprint density at radius 3 is 2.52 bits per heavy atom. The topological polar surface area (TPSA) is 72.2 Å². The molecule has 4 rings (SSSR count). The Labute approximate surface area is 151 Å². The van der Waals surface area contributed by atoms with Gasteiger partial charge in [-0.15, -0.1) is 0 Å². The third-order valence-corrected chi connectivity index (χ3v) is 5.00. The van der Waals surface area contributed by atoms with E-state index in [1.54, 1.807) is 38.1 Å². The van der Waals surface area contributed by atoms with Crippen LogP contribution in [-0.4, -0.2) is 26.6 Å². The van der Waals surface area contributed by atoms with E-state index < -0.39 is 28.8 Å². The smallest absolute Gasteiger partial charge is 0.434 e. The molecule has 0 amide bonds. The van der Waals surface area contributed by atoms with Gasteiger partial charge in [0.15, 0.2) is 11.5 Å². The van der Waals surface area contributed by atoms with Gasteiger partial charge in [-0.3, -0.25) is 4.79 Å². The molecule has 0 bridgehead atoms. The minimum absolute atomic E-state index is 0.0703. The average Bonchev–Trinajstić information content (AvgIpc) is 3.11. The van der Waals surface area contributed by atoms with E-state index in [2.05, 4.69) is 5.10 Å². The van der Waals surface area contributed by atoms with E-state index >= 15 is 0 Å². The first-order valence-electron chi connectivity index (χ1n) is 8.05. The number of alkyl halides is 3. The number of aromatic nitrogens is 2. The Bertz CT molecular complexity index is 1140. The number of aromatic carboxylic acids is 1. The molecule has 0 unspecified atom stereocenters. The van der Waals surface area contributed by atoms with Crippen LogP contribution in [0.2, 0.25) is 0 Å². The predicted octanol–water partition coefficient (Wildman–Crippen LogP) is 4.22. The molecule has 1 heterocycles. The summed E-state index contributed by atoms with van der Waals surface area (Å²) < 4.78 is 41.3. The summed E-state index contributed by atoms with van der Waals surface area (Å²) in [6.45, 7) is 3.53. The Morgan fingerprint density at radius 1 is 1.19 bits per heavy atom. The number of hydrogen-bond acceptors (Lipinski definition) is 3. The fourth-order valence-corrected chi connectivity index (χ4v) is 3.71. The highest BCUT2D eigenvalue weighted by atomic mass is 19.4. The van der Waals surface area contributed by atoms with Crippen LogP contribution in [0.4, 0.5) is 13.2 Å². The molecule has 0 aliphatic heterocycles. The summed E-state index contributed by atoms with van der Waals surface area (Å²) in [4.78, 5) is 23.9. The van der Waals surface area contributed by atoms with Crippen molar-refractivity contribution in [2.75, 3.05) is 0 Å². The second-order valence-electron chi connectivity index (χ2n) is 6.94. The Morgan fingerprint density at radius 2 is 1.89 bits per heavy atom. The maximum absolute atomic E-state index is 13.6. The number of carbonyl (C=O) groups is 2. The molecule has 0 atom stereocenters. The molecule has 0 saturated heterocycles. The molecule has 1 aliphatic rings. The Kier molecular flexibility index (Phi) is 3.31. The molecule has 27 heavy (non-hydrogen) atoms. The number of rotatable bonds is 2. The monoisotopic (exact) mass is 374 g/mol. The van der Waals surface area contributed by atoms with E-state index in [-0.39, 0.29) is 11.5 Å². The molecule has 8 heteroatoms. The van der Waals surface area contributed by atoms with Gasteiger partial charge >= 0.3 is 12.1 Å². The number of carboxylic acids is 1. The molecule has 2 aromatic carbocycles. The lowest BCUT2D eigenvalue weighted by molar-refractivity contribution is -0.143. The summed E-state index contributed by atoms with van der Waals surface area (Å²) >= 11 is 0. The SMILES string of the molecule is CC1(C)C(=O)c2cccc3c(-n4ncc(C(=O)O)c4C(F)(F)F)ccc1c23. The predicted molar refractivity (Wildman–Crippen MR) is 90.4 cm³/mol. The molecule has 1 aromatic heterocycles. The van der Waals surface area contributed by atoms with Gasteiger partial charge in [0.1, 0.15) is 5.56 Å². The number of carboxylic acid groups (broad SMARTS) is 1. The maximum Gasteiger partial charge on any atom is 0.434 e. The van der Waals surface area contributed by atoms with Crippen molar-refractivity contribution in [3.05, 3.63) is 58.9 Å². The first-order chi connectivity index (χ1) is 12.5. The van der Waals surface area contributed by atoms with Crippen molar-refractivity contribution in [1.29, 1.82) is 0 Å². The minimum atomic E-state index is -4.91. The molecular formula is C19H13F3N2O3. The molecule has 5 nitrogen and oxygen atoms in total. The standard InChI is InChI=1S/C19H13F3N2O3/c1-18(2)12-6-7-13(9-4-3-5-10(14(9)12)16(18)25)24-15(19(20,21)22)11(8-23-24)17(26)27/h3-8H,1-2H3,(H,26,27). The number of Topliss-reactive ketones (excluding diaryl/α,β-unsaturated/α-hetero) is 1. The zero-order valence-corrected chi connectivity index (χ0v) is 14.3. The molecule has 0 radical (unpaired) electrons. The second-order valence-corrected chi connectivity index (χ2v) is 6.94. The average molecular weight is 374 g/mol. The van der Waals surface area contributed by atoms with Crippen LogP contribution >= 0.6 is 0 Å². The van der Waals surface area contributed by atoms with Crippen molar-refractivity contribution >= 4 is 22.5 Å². The van der Waals surface area contributed by atoms with Crippen LogP contribution in [0.25, 0.3) is 16.5 Å². The lowest BCUT2D eigenvalue weighted by Gasteiger charge is -2.18. The molecule has 0 fully saturated rings. The van der Waals surface area contributed by atoms with Gasteiger partial charge in [0.25, 0.3) is 0 Å². The van der Waals surface area contributed by atoms with E-state index in [0.717, 1.165) is 5.56 Å². The number of carbonyl (C=O) groups excluding carboxylic acids is 1. The highest BCUT2D eigenvalue weighted by molar-refractivity contribution is 6.21. The van der Waals surface area contributed by atoms with Crippen molar-refractivity contribution in [3.8, 4) is 5.69 Å². The number of ketones is 1. The second kappa shape index (κ2) is 5.18. The minimum Gasteiger partial charge on any atom is -0.478 e. The van der Waals surface area contributed by atoms with Gasteiger partial charge in [-0.2, -0.15) is 18.3 Å². The van der Waals surface area contributed by atoms with E-state index in [0.29, 0.717) is 27.2 Å². The van der Waals surface area contributed by atoms with Crippen LogP contribution in [-0.2, 0) is 11.6 Å². The summed E-state index contributed by atoms with van der Waals surface area (Å²) in [5, 5.41) is 13.8. The molecule has 138 valence electrons. The summed E-state index contributed by atoms with van der Waals surface area (Å²) in [5.41, 5.74) is -1.85. The first kappa shape index (κ1) is 17.3. The van der Waals surface area contributed by atoms with Crippen molar-refractivity contribution < 1.29 is 27.9 Å². The summed E-state index contributed by atoms with van der Waals surface area (Å²) in [5.74, 6) is -1.82. The van der Waals surface area contributed by atoms with Crippen molar-refractivity contribution in [2.45, 2.75) is 25.4 Å². The van der Waals surface area contributed by atoms with Gasteiger partial charge < -0.3 is 5.11 Å². The van der Waals surface area contributed by atoms with E-state index in [1.165, 1.54) is 6.07 Å². The highest BCUT2D eigenvalue weighted by Gasteiger charge is 2.43. The van der Waals surface area contributed by atoms with Crippen LogP contribution < -0.4 is 0 Å². The Hall–Kier alpha value is -3.16. The lowest BCUT2D eigenvalue weighted by atomic mass is 9.84. The lowest BCUT2D eigenvalue weighted by Crippen LogP contribution is -2.23. The molecule has 3 aromatic rings. The molecule has 1 aliphatic carbocycles. The zero-order chi connectivity index (χ0) is 19.7. The maximum atomic E-state index is 13.6. The number of hydrogen-bond donors (Lipinski definition) is 1. The van der Waals surface area contributed by atoms with Crippen molar-refractivity contribution in [3.63, 3.8) is 0 Å². The van der Waals surface area contributed by atoms with Gasteiger partial charge in [0.2, 0.25) is 0 Å². The quantitative estimate of drug-likeness (QED) is 0.729. The van der Waals surface area contributed by atoms with Crippen molar-refractivity contribution in [1.82, 2.24) is 9.78 Å². The van der Waals surface area contributed by atoms with Crippen LogP contribution in [0.3, 0.4) is 0 Å². The number of halogens is 3. The zero-order valence-electron chi connectivity index (χ0n) is 14.3. The summed E-state index contributed by atoms with van der Waals surface area (Å²) in [6.07, 6.45) is -4.23. The number of benzene rings is 2. The van der Waals surface area contributed by atoms with Gasteiger partial charge in [-0.25, -0.2) is 9.48 Å². The fourth-order valence-electron chi connectivity index (χ4n) is 3.71. The molecular weight excluding hydrogens is 361 g/mol. The van der Waals surface area contributed by atoms with Gasteiger partial charge in [-0.05, 0) is 30.9 Å². The van der Waals surface area contributed by atoms with Crippen LogP contribution in [0, 0.1) is 0 Å².